The van der Waals surface area contributed by atoms with Gasteiger partial charge in [-0.1, -0.05) is 0 Å². The van der Waals surface area contributed by atoms with E-state index < -0.39 is 4.92 Å². The van der Waals surface area contributed by atoms with E-state index in [0.717, 1.165) is 5.76 Å². The fourth-order valence-electron chi connectivity index (χ4n) is 1.49. The summed E-state index contributed by atoms with van der Waals surface area (Å²) in [5, 5.41) is 22.5. The smallest absolute Gasteiger partial charge is 0.289 e. The summed E-state index contributed by atoms with van der Waals surface area (Å²) in [5.41, 5.74) is 0.405. The second-order valence-corrected chi connectivity index (χ2v) is 3.53. The van der Waals surface area contributed by atoms with Crippen LogP contribution in [0.3, 0.4) is 0 Å². The molecule has 90 valence electrons. The monoisotopic (exact) mass is 243 g/mol. The van der Waals surface area contributed by atoms with Crippen molar-refractivity contribution in [2.75, 3.05) is 5.32 Å². The average Bonchev–Trinajstić information content (AvgIpc) is 2.89. The Labute approximate surface area is 103 Å². The number of nitrogens with zero attached hydrogens (tertiary/aromatic N) is 2. The Hall–Kier alpha value is -2.81. The van der Waals surface area contributed by atoms with Gasteiger partial charge in [0.1, 0.15) is 17.4 Å². The highest BCUT2D eigenvalue weighted by atomic mass is 16.6. The van der Waals surface area contributed by atoms with Crippen molar-refractivity contribution in [3.8, 4) is 6.07 Å². The van der Waals surface area contributed by atoms with Gasteiger partial charge in [0, 0.05) is 11.8 Å². The summed E-state index contributed by atoms with van der Waals surface area (Å²) in [6.07, 6.45) is 1.55. The number of hydrogen-bond acceptors (Lipinski definition) is 5. The lowest BCUT2D eigenvalue weighted by atomic mass is 10.2. The number of furan rings is 1. The summed E-state index contributed by atoms with van der Waals surface area (Å²) >= 11 is 0. The molecule has 1 aromatic carbocycles. The fraction of sp³-hybridized carbons (Fsp3) is 0.0833. The topological polar surface area (TPSA) is 92.1 Å². The zero-order chi connectivity index (χ0) is 13.0. The van der Waals surface area contributed by atoms with Gasteiger partial charge in [-0.3, -0.25) is 10.1 Å². The summed E-state index contributed by atoms with van der Waals surface area (Å²) in [6.45, 7) is 0.427. The molecule has 1 heterocycles. The Morgan fingerprint density at radius 2 is 2.28 bits per heavy atom. The van der Waals surface area contributed by atoms with Crippen LogP contribution >= 0.6 is 0 Å². The quantitative estimate of drug-likeness (QED) is 0.658. The van der Waals surface area contributed by atoms with Crippen molar-refractivity contribution < 1.29 is 9.34 Å². The van der Waals surface area contributed by atoms with Gasteiger partial charge >= 0.3 is 0 Å². The maximum Gasteiger partial charge on any atom is 0.289 e. The Morgan fingerprint density at radius 1 is 1.44 bits per heavy atom. The lowest BCUT2D eigenvalue weighted by Crippen LogP contribution is -2.00. The minimum absolute atomic E-state index is 0.0450. The Morgan fingerprint density at radius 3 is 2.89 bits per heavy atom. The van der Waals surface area contributed by atoms with E-state index in [1.807, 2.05) is 0 Å². The molecule has 0 spiro atoms. The van der Waals surface area contributed by atoms with E-state index in [9.17, 15) is 10.1 Å². The van der Waals surface area contributed by atoms with E-state index in [1.54, 1.807) is 30.5 Å². The van der Waals surface area contributed by atoms with Crippen molar-refractivity contribution in [2.24, 2.45) is 0 Å². The Balaban J connectivity index is 2.17. The summed E-state index contributed by atoms with van der Waals surface area (Å²) in [5.74, 6) is 0.724. The maximum atomic E-state index is 10.8. The van der Waals surface area contributed by atoms with Crippen LogP contribution in [0.25, 0.3) is 0 Å². The summed E-state index contributed by atoms with van der Waals surface area (Å²) in [4.78, 5) is 10.2. The van der Waals surface area contributed by atoms with Gasteiger partial charge in [-0.15, -0.1) is 0 Å². The van der Waals surface area contributed by atoms with E-state index in [4.69, 9.17) is 9.68 Å². The van der Waals surface area contributed by atoms with E-state index in [2.05, 4.69) is 5.32 Å². The third kappa shape index (κ3) is 2.47. The number of rotatable bonds is 4. The van der Waals surface area contributed by atoms with E-state index >= 15 is 0 Å². The highest BCUT2D eigenvalue weighted by Crippen LogP contribution is 2.22. The number of nitrogens with one attached hydrogen (secondary N) is 1. The molecule has 0 aliphatic heterocycles. The molecule has 0 fully saturated rings. The molecular weight excluding hydrogens is 234 g/mol. The zero-order valence-corrected chi connectivity index (χ0v) is 9.29. The lowest BCUT2D eigenvalue weighted by Gasteiger charge is -2.04. The van der Waals surface area contributed by atoms with Crippen LogP contribution in [-0.2, 0) is 6.54 Å². The van der Waals surface area contributed by atoms with Gasteiger partial charge in [-0.05, 0) is 24.3 Å². The van der Waals surface area contributed by atoms with Crippen molar-refractivity contribution in [2.45, 2.75) is 6.54 Å². The Bertz CT molecular complexity index is 600. The maximum absolute atomic E-state index is 10.8. The normalized spacial score (nSPS) is 9.72. The van der Waals surface area contributed by atoms with Crippen LogP contribution in [0.5, 0.6) is 0 Å². The molecule has 1 N–H and O–H groups in total. The minimum atomic E-state index is -0.573. The molecule has 0 amide bonds. The number of hydrogen-bond donors (Lipinski definition) is 1. The standard InChI is InChI=1S/C12H9N3O3/c13-7-9-3-4-10(6-12(9)15(16)17)14-8-11-2-1-5-18-11/h1-6,14H,8H2. The van der Waals surface area contributed by atoms with Crippen molar-refractivity contribution >= 4 is 11.4 Å². The largest absolute Gasteiger partial charge is 0.467 e. The predicted octanol–water partition coefficient (Wildman–Crippen LogP) is 2.67. The number of anilines is 1. The molecular formula is C12H9N3O3. The van der Waals surface area contributed by atoms with Crippen LogP contribution in [0.15, 0.2) is 41.0 Å². The third-order valence-electron chi connectivity index (χ3n) is 2.36. The first kappa shape index (κ1) is 11.7. The van der Waals surface area contributed by atoms with Gasteiger partial charge in [-0.2, -0.15) is 5.26 Å². The van der Waals surface area contributed by atoms with Gasteiger partial charge < -0.3 is 9.73 Å². The number of nitro benzene ring substituents is 1. The first-order chi connectivity index (χ1) is 8.70. The van der Waals surface area contributed by atoms with E-state index in [1.165, 1.54) is 12.1 Å². The molecule has 0 aliphatic rings. The molecule has 2 aromatic rings. The first-order valence-electron chi connectivity index (χ1n) is 5.15. The lowest BCUT2D eigenvalue weighted by molar-refractivity contribution is -0.385. The minimum Gasteiger partial charge on any atom is -0.467 e. The Kier molecular flexibility index (Phi) is 3.25. The van der Waals surface area contributed by atoms with Gasteiger partial charge in [0.2, 0.25) is 0 Å². The van der Waals surface area contributed by atoms with Crippen LogP contribution in [0, 0.1) is 21.4 Å². The van der Waals surface area contributed by atoms with Crippen LogP contribution in [0.4, 0.5) is 11.4 Å². The molecule has 1 aromatic heterocycles. The molecule has 0 atom stereocenters. The molecule has 2 rings (SSSR count). The van der Waals surface area contributed by atoms with Crippen molar-refractivity contribution in [3.63, 3.8) is 0 Å². The molecule has 0 radical (unpaired) electrons. The summed E-state index contributed by atoms with van der Waals surface area (Å²) < 4.78 is 5.13. The van der Waals surface area contributed by atoms with Gasteiger partial charge in [0.05, 0.1) is 17.7 Å². The molecule has 0 bridgehead atoms. The fourth-order valence-corrected chi connectivity index (χ4v) is 1.49. The van der Waals surface area contributed by atoms with E-state index in [0.29, 0.717) is 12.2 Å². The molecule has 0 saturated heterocycles. The third-order valence-corrected chi connectivity index (χ3v) is 2.36. The van der Waals surface area contributed by atoms with Gasteiger partial charge in [0.15, 0.2) is 0 Å². The summed E-state index contributed by atoms with van der Waals surface area (Å²) in [7, 11) is 0. The average molecular weight is 243 g/mol. The second kappa shape index (κ2) is 5.01. The molecule has 6 heteroatoms. The predicted molar refractivity (Wildman–Crippen MR) is 63.8 cm³/mol. The second-order valence-electron chi connectivity index (χ2n) is 3.53. The summed E-state index contributed by atoms with van der Waals surface area (Å²) in [6, 6.07) is 9.72. The molecule has 6 nitrogen and oxygen atoms in total. The number of nitriles is 1. The molecule has 18 heavy (non-hydrogen) atoms. The molecule has 0 saturated carbocycles. The van der Waals surface area contributed by atoms with Crippen molar-refractivity contribution in [1.82, 2.24) is 0 Å². The van der Waals surface area contributed by atoms with Gasteiger partial charge in [-0.25, -0.2) is 0 Å². The first-order valence-corrected chi connectivity index (χ1v) is 5.15. The van der Waals surface area contributed by atoms with Crippen LogP contribution < -0.4 is 5.32 Å². The van der Waals surface area contributed by atoms with E-state index in [-0.39, 0.29) is 11.3 Å². The van der Waals surface area contributed by atoms with Crippen LogP contribution in [0.1, 0.15) is 11.3 Å². The highest BCUT2D eigenvalue weighted by Gasteiger charge is 2.14. The van der Waals surface area contributed by atoms with Crippen LogP contribution in [0.2, 0.25) is 0 Å². The SMILES string of the molecule is N#Cc1ccc(NCc2ccco2)cc1[N+](=O)[O-]. The number of nitro groups is 1. The van der Waals surface area contributed by atoms with Crippen molar-refractivity contribution in [3.05, 3.63) is 58.0 Å². The zero-order valence-electron chi connectivity index (χ0n) is 9.29. The highest BCUT2D eigenvalue weighted by molar-refractivity contribution is 5.59. The van der Waals surface area contributed by atoms with Crippen molar-refractivity contribution in [1.29, 1.82) is 5.26 Å². The van der Waals surface area contributed by atoms with Gasteiger partial charge in [0.25, 0.3) is 5.69 Å². The van der Waals surface area contributed by atoms with Crippen LogP contribution in [-0.4, -0.2) is 4.92 Å². The molecule has 0 aliphatic carbocycles. The number of benzene rings is 1. The molecule has 0 unspecified atom stereocenters.